The fraction of sp³-hybridized carbons (Fsp3) is 0.773. The lowest BCUT2D eigenvalue weighted by molar-refractivity contribution is -0.114. The Labute approximate surface area is 154 Å². The van der Waals surface area contributed by atoms with Gasteiger partial charge in [0, 0.05) is 24.2 Å². The van der Waals surface area contributed by atoms with Gasteiger partial charge in [-0.05, 0) is 16.2 Å². The van der Waals surface area contributed by atoms with Gasteiger partial charge in [0.1, 0.15) is 0 Å². The van der Waals surface area contributed by atoms with E-state index in [0.29, 0.717) is 0 Å². The van der Waals surface area contributed by atoms with Gasteiger partial charge < -0.3 is 4.74 Å². The first-order chi connectivity index (χ1) is 11.2. The second-order valence-corrected chi connectivity index (χ2v) is 10.6. The highest BCUT2D eigenvalue weighted by Gasteiger charge is 2.49. The van der Waals surface area contributed by atoms with Crippen LogP contribution in [0.4, 0.5) is 0 Å². The van der Waals surface area contributed by atoms with Crippen molar-refractivity contribution in [1.82, 2.24) is 4.90 Å². The van der Waals surface area contributed by atoms with Gasteiger partial charge in [0.15, 0.2) is 5.78 Å². The maximum Gasteiger partial charge on any atom is 0.185 e. The molecule has 0 spiro atoms. The number of nitrogens with zero attached hydrogens (tertiary/aromatic N) is 1. The largest absolute Gasteiger partial charge is 0.379 e. The molecule has 0 aromatic heterocycles. The Bertz CT molecular complexity index is 551. The van der Waals surface area contributed by atoms with E-state index in [0.717, 1.165) is 37.4 Å². The summed E-state index contributed by atoms with van der Waals surface area (Å²) >= 11 is 0. The average Bonchev–Trinajstić information content (AvgIpc) is 2.45. The van der Waals surface area contributed by atoms with Crippen LogP contribution >= 0.6 is 0 Å². The van der Waals surface area contributed by atoms with Gasteiger partial charge in [-0.2, -0.15) is 0 Å². The smallest absolute Gasteiger partial charge is 0.185 e. The minimum atomic E-state index is -0.268. The molecule has 3 nitrogen and oxygen atoms in total. The van der Waals surface area contributed by atoms with Crippen LogP contribution < -0.4 is 0 Å². The number of rotatable bonds is 1. The quantitative estimate of drug-likeness (QED) is 0.692. The maximum atomic E-state index is 13.3. The normalized spacial score (nSPS) is 23.3. The summed E-state index contributed by atoms with van der Waals surface area (Å²) in [4.78, 5) is 15.9. The first kappa shape index (κ1) is 20.4. The lowest BCUT2D eigenvalue weighted by Crippen LogP contribution is -2.60. The Morgan fingerprint density at radius 2 is 1.24 bits per heavy atom. The Morgan fingerprint density at radius 1 is 0.840 bits per heavy atom. The van der Waals surface area contributed by atoms with Gasteiger partial charge in [-0.25, -0.2) is 0 Å². The van der Waals surface area contributed by atoms with Crippen molar-refractivity contribution >= 4 is 5.78 Å². The molecule has 0 aromatic carbocycles. The molecule has 0 unspecified atom stereocenters. The third kappa shape index (κ3) is 3.78. The monoisotopic (exact) mass is 347 g/mol. The van der Waals surface area contributed by atoms with Crippen molar-refractivity contribution in [3.05, 3.63) is 23.3 Å². The topological polar surface area (TPSA) is 29.5 Å². The van der Waals surface area contributed by atoms with E-state index in [-0.39, 0.29) is 27.6 Å². The molecule has 3 heteroatoms. The Morgan fingerprint density at radius 3 is 1.56 bits per heavy atom. The zero-order valence-electron chi connectivity index (χ0n) is 17.7. The minimum Gasteiger partial charge on any atom is -0.379 e. The lowest BCUT2D eigenvalue weighted by Gasteiger charge is -2.53. The van der Waals surface area contributed by atoms with Crippen LogP contribution in [0.1, 0.15) is 62.3 Å². The molecule has 2 aliphatic rings. The molecule has 0 N–H and O–H groups in total. The molecule has 1 aliphatic carbocycles. The van der Waals surface area contributed by atoms with E-state index in [1.54, 1.807) is 0 Å². The standard InChI is InChI=1S/C22H37NO2/c1-19(2,3)16-14-22(21(7,8)9,23-10-12-25-13-11-23)15-17(18(16)24)20(4,5)6/h14-15H,10-13H2,1-9H3. The van der Waals surface area contributed by atoms with Crippen LogP contribution in [0.2, 0.25) is 0 Å². The highest BCUT2D eigenvalue weighted by atomic mass is 16.5. The van der Waals surface area contributed by atoms with Gasteiger partial charge in [-0.1, -0.05) is 74.5 Å². The van der Waals surface area contributed by atoms with E-state index >= 15 is 0 Å². The van der Waals surface area contributed by atoms with Crippen LogP contribution in [-0.2, 0) is 9.53 Å². The molecular formula is C22H37NO2. The van der Waals surface area contributed by atoms with Crippen molar-refractivity contribution in [3.63, 3.8) is 0 Å². The molecule has 0 atom stereocenters. The van der Waals surface area contributed by atoms with Crippen molar-refractivity contribution < 1.29 is 9.53 Å². The minimum absolute atomic E-state index is 0.0297. The second-order valence-electron chi connectivity index (χ2n) is 10.6. The van der Waals surface area contributed by atoms with E-state index in [2.05, 4.69) is 79.4 Å². The third-order valence-electron chi connectivity index (χ3n) is 5.57. The van der Waals surface area contributed by atoms with Crippen molar-refractivity contribution in [3.8, 4) is 0 Å². The van der Waals surface area contributed by atoms with Gasteiger partial charge in [-0.3, -0.25) is 9.69 Å². The average molecular weight is 348 g/mol. The number of ketones is 1. The first-order valence-electron chi connectivity index (χ1n) is 9.54. The van der Waals surface area contributed by atoms with E-state index in [1.165, 1.54) is 0 Å². The number of hydrogen-bond acceptors (Lipinski definition) is 3. The molecule has 2 rings (SSSR count). The number of allylic oxidation sites excluding steroid dienone is 2. The number of hydrogen-bond donors (Lipinski definition) is 0. The summed E-state index contributed by atoms with van der Waals surface area (Å²) in [6, 6.07) is 0. The molecule has 1 fully saturated rings. The maximum absolute atomic E-state index is 13.3. The van der Waals surface area contributed by atoms with Crippen LogP contribution in [0, 0.1) is 16.2 Å². The van der Waals surface area contributed by atoms with Crippen LogP contribution in [-0.4, -0.2) is 42.5 Å². The van der Waals surface area contributed by atoms with E-state index in [1.807, 2.05) is 0 Å². The SMILES string of the molecule is CC(C)(C)C1=CC(N2CCOCC2)(C(C)(C)C)C=C(C(C)(C)C)C1=O. The second kappa shape index (κ2) is 6.35. The number of Topliss-reactive ketones (excluding diaryl/α,β-unsaturated/α-hetero) is 1. The summed E-state index contributed by atoms with van der Waals surface area (Å²) in [7, 11) is 0. The summed E-state index contributed by atoms with van der Waals surface area (Å²) < 4.78 is 5.61. The first-order valence-corrected chi connectivity index (χ1v) is 9.54. The third-order valence-corrected chi connectivity index (χ3v) is 5.57. The summed E-state index contributed by atoms with van der Waals surface area (Å²) in [5.74, 6) is 0.216. The molecular weight excluding hydrogens is 310 g/mol. The molecule has 0 amide bonds. The Kier molecular flexibility index (Phi) is 5.18. The van der Waals surface area contributed by atoms with Gasteiger partial charge in [0.25, 0.3) is 0 Å². The van der Waals surface area contributed by atoms with Crippen molar-refractivity contribution in [2.75, 3.05) is 26.3 Å². The van der Waals surface area contributed by atoms with Crippen LogP contribution in [0.5, 0.6) is 0 Å². The predicted molar refractivity (Wildman–Crippen MR) is 105 cm³/mol. The molecule has 0 bridgehead atoms. The highest BCUT2D eigenvalue weighted by molar-refractivity contribution is 6.11. The summed E-state index contributed by atoms with van der Waals surface area (Å²) in [6.07, 6.45) is 4.55. The van der Waals surface area contributed by atoms with Gasteiger partial charge in [0.2, 0.25) is 0 Å². The Hall–Kier alpha value is -0.930. The molecule has 25 heavy (non-hydrogen) atoms. The lowest BCUT2D eigenvalue weighted by atomic mass is 9.62. The van der Waals surface area contributed by atoms with Crippen molar-refractivity contribution in [2.24, 2.45) is 16.2 Å². The van der Waals surface area contributed by atoms with Crippen molar-refractivity contribution in [1.29, 1.82) is 0 Å². The van der Waals surface area contributed by atoms with E-state index < -0.39 is 0 Å². The number of carbonyl (C=O) groups is 1. The van der Waals surface area contributed by atoms with Crippen LogP contribution in [0.25, 0.3) is 0 Å². The number of carbonyl (C=O) groups excluding carboxylic acids is 1. The van der Waals surface area contributed by atoms with E-state index in [9.17, 15) is 4.79 Å². The van der Waals surface area contributed by atoms with Gasteiger partial charge in [0.05, 0.1) is 18.8 Å². The fourth-order valence-electron chi connectivity index (χ4n) is 3.90. The Balaban J connectivity index is 2.75. The van der Waals surface area contributed by atoms with Gasteiger partial charge >= 0.3 is 0 Å². The number of morpholine rings is 1. The zero-order valence-corrected chi connectivity index (χ0v) is 17.7. The molecule has 1 heterocycles. The predicted octanol–water partition coefficient (Wildman–Crippen LogP) is 4.63. The van der Waals surface area contributed by atoms with Crippen molar-refractivity contribution in [2.45, 2.75) is 67.9 Å². The molecule has 0 radical (unpaired) electrons. The summed E-state index contributed by atoms with van der Waals surface area (Å²) in [5.41, 5.74) is 1.24. The summed E-state index contributed by atoms with van der Waals surface area (Å²) in [6.45, 7) is 23.0. The molecule has 0 aromatic rings. The van der Waals surface area contributed by atoms with Crippen LogP contribution in [0.15, 0.2) is 23.3 Å². The van der Waals surface area contributed by atoms with Crippen LogP contribution in [0.3, 0.4) is 0 Å². The molecule has 1 aliphatic heterocycles. The highest BCUT2D eigenvalue weighted by Crippen LogP contribution is 2.48. The summed E-state index contributed by atoms with van der Waals surface area (Å²) in [5, 5.41) is 0. The zero-order chi connectivity index (χ0) is 19.3. The van der Waals surface area contributed by atoms with Gasteiger partial charge in [-0.15, -0.1) is 0 Å². The molecule has 142 valence electrons. The fourth-order valence-corrected chi connectivity index (χ4v) is 3.90. The number of ether oxygens (including phenoxy) is 1. The molecule has 1 saturated heterocycles. The van der Waals surface area contributed by atoms with E-state index in [4.69, 9.17) is 4.74 Å². The molecule has 0 saturated carbocycles.